The number of fused-ring (bicyclic) bond motifs is 1. The summed E-state index contributed by atoms with van der Waals surface area (Å²) < 4.78 is 42.6. The molecule has 35 heavy (non-hydrogen) atoms. The largest absolute Gasteiger partial charge is 0.573 e. The van der Waals surface area contributed by atoms with Crippen molar-refractivity contribution in [1.82, 2.24) is 15.3 Å². The van der Waals surface area contributed by atoms with Crippen molar-refractivity contribution < 1.29 is 22.7 Å². The van der Waals surface area contributed by atoms with Gasteiger partial charge in [0.1, 0.15) is 11.6 Å². The van der Waals surface area contributed by atoms with E-state index in [-0.39, 0.29) is 30.1 Å². The Morgan fingerprint density at radius 1 is 1.06 bits per heavy atom. The number of nitrogens with zero attached hydrogens (tertiary/aromatic N) is 2. The summed E-state index contributed by atoms with van der Waals surface area (Å²) in [5.41, 5.74) is 0.668. The zero-order chi connectivity index (χ0) is 24.3. The molecule has 1 fully saturated rings. The van der Waals surface area contributed by atoms with Crippen LogP contribution in [0.5, 0.6) is 5.75 Å². The molecule has 1 aromatic heterocycles. The van der Waals surface area contributed by atoms with E-state index in [0.717, 1.165) is 35.6 Å². The number of amides is 1. The van der Waals surface area contributed by atoms with Gasteiger partial charge < -0.3 is 20.7 Å². The molecule has 0 atom stereocenters. The van der Waals surface area contributed by atoms with Gasteiger partial charge in [0.2, 0.25) is 5.95 Å². The van der Waals surface area contributed by atoms with Crippen LogP contribution in [0.15, 0.2) is 46.9 Å². The Kier molecular flexibility index (Phi) is 8.65. The second kappa shape index (κ2) is 11.3. The van der Waals surface area contributed by atoms with E-state index in [1.165, 1.54) is 12.1 Å². The Bertz CT molecular complexity index is 1190. The third kappa shape index (κ3) is 6.88. The Morgan fingerprint density at radius 2 is 1.74 bits per heavy atom. The maximum atomic E-state index is 12.7. The predicted octanol–water partition coefficient (Wildman–Crippen LogP) is 5.91. The lowest BCUT2D eigenvalue weighted by molar-refractivity contribution is -0.274. The van der Waals surface area contributed by atoms with Crippen LogP contribution in [0.2, 0.25) is 0 Å². The van der Waals surface area contributed by atoms with Crippen molar-refractivity contribution in [2.75, 3.05) is 17.7 Å². The molecule has 1 saturated carbocycles. The van der Waals surface area contributed by atoms with Crippen LogP contribution in [-0.2, 0) is 0 Å². The van der Waals surface area contributed by atoms with Crippen LogP contribution in [0.1, 0.15) is 36.0 Å². The van der Waals surface area contributed by atoms with Crippen molar-refractivity contribution in [3.63, 3.8) is 0 Å². The van der Waals surface area contributed by atoms with E-state index in [4.69, 9.17) is 0 Å². The molecule has 4 rings (SSSR count). The van der Waals surface area contributed by atoms with Crippen LogP contribution < -0.4 is 20.7 Å². The molecule has 0 saturated heterocycles. The minimum atomic E-state index is -4.89. The number of rotatable bonds is 6. The normalized spacial score (nSPS) is 17.9. The topological polar surface area (TPSA) is 88.2 Å². The van der Waals surface area contributed by atoms with Crippen molar-refractivity contribution in [2.24, 2.45) is 0 Å². The number of benzene rings is 2. The van der Waals surface area contributed by atoms with E-state index >= 15 is 0 Å². The summed E-state index contributed by atoms with van der Waals surface area (Å²) >= 11 is 3.11. The van der Waals surface area contributed by atoms with Crippen LogP contribution in [0.25, 0.3) is 10.9 Å². The summed E-state index contributed by atoms with van der Waals surface area (Å²) in [4.78, 5) is 21.8. The van der Waals surface area contributed by atoms with Crippen molar-refractivity contribution in [3.8, 4) is 5.75 Å². The molecule has 0 unspecified atom stereocenters. The van der Waals surface area contributed by atoms with Crippen LogP contribution in [0.4, 0.5) is 24.9 Å². The standard InChI is InChI=1S/C23H23BrF3N5O2.ClH/c1-28-20-16-4-2-3-5-18(16)31-22(32-20)30-15-9-7-14(8-10-15)29-21(33)17-11-6-13(24)12-19(17)34-23(25,26)27;/h2-6,11-12,14-15H,7-10H2,1H3,(H,29,33)(H2,28,30,31,32);1H/t14-,15+;. The molecule has 0 aliphatic heterocycles. The van der Waals surface area contributed by atoms with Crippen molar-refractivity contribution >= 4 is 56.9 Å². The third-order valence-electron chi connectivity index (χ3n) is 5.65. The summed E-state index contributed by atoms with van der Waals surface area (Å²) in [7, 11) is 1.81. The lowest BCUT2D eigenvalue weighted by Gasteiger charge is -2.30. The number of hydrogen-bond donors (Lipinski definition) is 3. The molecule has 7 nitrogen and oxygen atoms in total. The third-order valence-corrected chi connectivity index (χ3v) is 6.14. The quantitative estimate of drug-likeness (QED) is 0.339. The van der Waals surface area contributed by atoms with E-state index in [0.29, 0.717) is 23.3 Å². The van der Waals surface area contributed by atoms with Gasteiger partial charge in [-0.3, -0.25) is 4.79 Å². The fourth-order valence-corrected chi connectivity index (χ4v) is 4.39. The number of carbonyl (C=O) groups is 1. The molecule has 1 aliphatic carbocycles. The molecule has 188 valence electrons. The number of aromatic nitrogens is 2. The molecule has 2 aromatic carbocycles. The average molecular weight is 575 g/mol. The van der Waals surface area contributed by atoms with Gasteiger partial charge in [-0.25, -0.2) is 4.98 Å². The molecule has 1 amide bonds. The minimum Gasteiger partial charge on any atom is -0.405 e. The van der Waals surface area contributed by atoms with E-state index in [2.05, 4.69) is 46.6 Å². The molecule has 0 radical (unpaired) electrons. The van der Waals surface area contributed by atoms with Gasteiger partial charge in [0.15, 0.2) is 0 Å². The molecule has 1 aliphatic rings. The lowest BCUT2D eigenvalue weighted by atomic mass is 9.91. The minimum absolute atomic E-state index is 0. The first kappa shape index (κ1) is 26.8. The van der Waals surface area contributed by atoms with Crippen LogP contribution in [0.3, 0.4) is 0 Å². The van der Waals surface area contributed by atoms with Crippen LogP contribution in [-0.4, -0.2) is 41.4 Å². The van der Waals surface area contributed by atoms with Gasteiger partial charge in [-0.2, -0.15) is 4.98 Å². The SMILES string of the molecule is CNc1nc(N[C@H]2CC[C@@H](NC(=O)c3ccc(Br)cc3OC(F)(F)F)CC2)nc2ccccc12.Cl. The monoisotopic (exact) mass is 573 g/mol. The van der Waals surface area contributed by atoms with Gasteiger partial charge in [-0.05, 0) is 56.0 Å². The first-order chi connectivity index (χ1) is 16.2. The number of para-hydroxylation sites is 1. The van der Waals surface area contributed by atoms with E-state index in [9.17, 15) is 18.0 Å². The number of hydrogen-bond acceptors (Lipinski definition) is 6. The highest BCUT2D eigenvalue weighted by Crippen LogP contribution is 2.30. The molecule has 3 N–H and O–H groups in total. The maximum Gasteiger partial charge on any atom is 0.573 e. The molecule has 0 spiro atoms. The first-order valence-electron chi connectivity index (χ1n) is 10.8. The smallest absolute Gasteiger partial charge is 0.405 e. The summed E-state index contributed by atoms with van der Waals surface area (Å²) in [6, 6.07) is 11.6. The molecule has 3 aromatic rings. The highest BCUT2D eigenvalue weighted by molar-refractivity contribution is 9.10. The van der Waals surface area contributed by atoms with Gasteiger partial charge >= 0.3 is 6.36 Å². The fourth-order valence-electron chi connectivity index (χ4n) is 4.05. The number of ether oxygens (including phenoxy) is 1. The van der Waals surface area contributed by atoms with Gasteiger partial charge in [0, 0.05) is 29.0 Å². The van der Waals surface area contributed by atoms with Crippen LogP contribution in [0, 0.1) is 0 Å². The second-order valence-corrected chi connectivity index (χ2v) is 8.93. The van der Waals surface area contributed by atoms with Gasteiger partial charge in [-0.1, -0.05) is 28.1 Å². The fraction of sp³-hybridized carbons (Fsp3) is 0.348. The molecule has 0 bridgehead atoms. The van der Waals surface area contributed by atoms with Crippen molar-refractivity contribution in [1.29, 1.82) is 0 Å². The maximum absolute atomic E-state index is 12.7. The number of halogens is 5. The highest BCUT2D eigenvalue weighted by atomic mass is 79.9. The average Bonchev–Trinajstić information content (AvgIpc) is 2.78. The lowest BCUT2D eigenvalue weighted by Crippen LogP contribution is -2.40. The van der Waals surface area contributed by atoms with Crippen molar-refractivity contribution in [3.05, 3.63) is 52.5 Å². The van der Waals surface area contributed by atoms with Gasteiger partial charge in [0.25, 0.3) is 5.91 Å². The molecule has 1 heterocycles. The van der Waals surface area contributed by atoms with Gasteiger partial charge in [-0.15, -0.1) is 25.6 Å². The van der Waals surface area contributed by atoms with Crippen LogP contribution >= 0.6 is 28.3 Å². The zero-order valence-corrected chi connectivity index (χ0v) is 21.1. The molecular weight excluding hydrogens is 551 g/mol. The molecular formula is C23H24BrClF3N5O2. The number of carbonyl (C=O) groups excluding carboxylic acids is 1. The number of alkyl halides is 3. The molecule has 12 heteroatoms. The van der Waals surface area contributed by atoms with Gasteiger partial charge in [0.05, 0.1) is 11.1 Å². The second-order valence-electron chi connectivity index (χ2n) is 8.02. The Morgan fingerprint density at radius 3 is 2.43 bits per heavy atom. The first-order valence-corrected chi connectivity index (χ1v) is 11.6. The van der Waals surface area contributed by atoms with Crippen molar-refractivity contribution in [2.45, 2.75) is 44.1 Å². The van der Waals surface area contributed by atoms with E-state index in [1.54, 1.807) is 0 Å². The summed E-state index contributed by atoms with van der Waals surface area (Å²) in [5.74, 6) is 0.128. The summed E-state index contributed by atoms with van der Waals surface area (Å²) in [6.07, 6.45) is -2.05. The zero-order valence-electron chi connectivity index (χ0n) is 18.7. The Labute approximate surface area is 214 Å². The van der Waals surface area contributed by atoms with E-state index in [1.807, 2.05) is 31.3 Å². The Hall–Kier alpha value is -2.79. The summed E-state index contributed by atoms with van der Waals surface area (Å²) in [6.45, 7) is 0. The number of anilines is 2. The highest BCUT2D eigenvalue weighted by Gasteiger charge is 2.33. The number of nitrogens with one attached hydrogen (secondary N) is 3. The predicted molar refractivity (Wildman–Crippen MR) is 134 cm³/mol. The van der Waals surface area contributed by atoms with E-state index < -0.39 is 18.0 Å². The summed E-state index contributed by atoms with van der Waals surface area (Å²) in [5, 5.41) is 10.2. The Balaban J connectivity index is 0.00000342.